The molecule has 1 aromatic heterocycles. The molecule has 0 amide bonds. The van der Waals surface area contributed by atoms with Crippen LogP contribution in [-0.2, 0) is 10.0 Å². The summed E-state index contributed by atoms with van der Waals surface area (Å²) in [6.07, 6.45) is 4.16. The van der Waals surface area contributed by atoms with Gasteiger partial charge in [-0.1, -0.05) is 36.4 Å². The van der Waals surface area contributed by atoms with Gasteiger partial charge in [-0.15, -0.1) is 0 Å². The van der Waals surface area contributed by atoms with E-state index >= 15 is 0 Å². The minimum absolute atomic E-state index is 0.255. The van der Waals surface area contributed by atoms with Gasteiger partial charge in [0.25, 0.3) is 11.8 Å². The van der Waals surface area contributed by atoms with Gasteiger partial charge in [0.15, 0.2) is 0 Å². The maximum absolute atomic E-state index is 13.3. The lowest BCUT2D eigenvalue weighted by Gasteiger charge is -2.32. The third-order valence-electron chi connectivity index (χ3n) is 4.81. The maximum atomic E-state index is 13.3. The van der Waals surface area contributed by atoms with Crippen molar-refractivity contribution in [3.63, 3.8) is 0 Å². The molecule has 7 nitrogen and oxygen atoms in total. The van der Waals surface area contributed by atoms with E-state index in [9.17, 15) is 8.42 Å². The normalized spacial score (nSPS) is 18.1. The standard InChI is InChI=1S/C20H21N3O4S/c1-26-19-20(22-12-11-21-19)27-16-8-5-13-23(14-16)28(24,25)18-10-4-7-15-6-2-3-9-17(15)18/h2-4,6-7,9-12,16H,5,8,13-14H2,1H3. The lowest BCUT2D eigenvalue weighted by Crippen LogP contribution is -2.44. The molecule has 0 aliphatic carbocycles. The summed E-state index contributed by atoms with van der Waals surface area (Å²) in [5, 5.41) is 1.63. The number of aromatic nitrogens is 2. The molecule has 3 aromatic rings. The van der Waals surface area contributed by atoms with E-state index in [1.54, 1.807) is 12.1 Å². The number of benzene rings is 2. The van der Waals surface area contributed by atoms with Crippen molar-refractivity contribution in [3.05, 3.63) is 54.9 Å². The van der Waals surface area contributed by atoms with E-state index in [0.29, 0.717) is 17.9 Å². The second kappa shape index (κ2) is 7.73. The summed E-state index contributed by atoms with van der Waals surface area (Å²) < 4.78 is 39.3. The number of ether oxygens (including phenoxy) is 2. The molecule has 0 radical (unpaired) electrons. The molecule has 1 unspecified atom stereocenters. The number of piperidine rings is 1. The van der Waals surface area contributed by atoms with E-state index in [-0.39, 0.29) is 24.4 Å². The molecular weight excluding hydrogens is 378 g/mol. The Bertz CT molecular complexity index is 1080. The Kier molecular flexibility index (Phi) is 5.15. The first-order valence-electron chi connectivity index (χ1n) is 9.09. The first kappa shape index (κ1) is 18.6. The SMILES string of the molecule is COc1nccnc1OC1CCCN(S(=O)(=O)c2cccc3ccccc23)C1. The summed E-state index contributed by atoms with van der Waals surface area (Å²) in [6, 6.07) is 12.9. The van der Waals surface area contributed by atoms with E-state index in [1.165, 1.54) is 23.8 Å². The van der Waals surface area contributed by atoms with Crippen molar-refractivity contribution in [2.75, 3.05) is 20.2 Å². The minimum atomic E-state index is -3.64. The summed E-state index contributed by atoms with van der Waals surface area (Å²) in [5.41, 5.74) is 0. The monoisotopic (exact) mass is 399 g/mol. The van der Waals surface area contributed by atoms with Crippen LogP contribution in [0, 0.1) is 0 Å². The first-order valence-corrected chi connectivity index (χ1v) is 10.5. The quantitative estimate of drug-likeness (QED) is 0.656. The highest BCUT2D eigenvalue weighted by Gasteiger charge is 2.32. The van der Waals surface area contributed by atoms with Crippen LogP contribution in [-0.4, -0.2) is 49.0 Å². The first-order chi connectivity index (χ1) is 13.6. The summed E-state index contributed by atoms with van der Waals surface area (Å²) in [6.45, 7) is 0.717. The number of nitrogens with zero attached hydrogens (tertiary/aromatic N) is 3. The zero-order valence-corrected chi connectivity index (χ0v) is 16.3. The molecule has 0 bridgehead atoms. The van der Waals surface area contributed by atoms with Gasteiger partial charge in [0, 0.05) is 24.3 Å². The Balaban J connectivity index is 1.60. The molecule has 1 aliphatic rings. The van der Waals surface area contributed by atoms with Crippen molar-refractivity contribution in [3.8, 4) is 11.8 Å². The number of hydrogen-bond acceptors (Lipinski definition) is 6. The van der Waals surface area contributed by atoms with Crippen molar-refractivity contribution in [2.24, 2.45) is 0 Å². The van der Waals surface area contributed by atoms with Crippen LogP contribution < -0.4 is 9.47 Å². The predicted octanol–water partition coefficient (Wildman–Crippen LogP) is 2.87. The summed E-state index contributed by atoms with van der Waals surface area (Å²) in [7, 11) is -2.15. The van der Waals surface area contributed by atoms with Gasteiger partial charge in [-0.2, -0.15) is 4.31 Å². The van der Waals surface area contributed by atoms with Crippen LogP contribution in [0.4, 0.5) is 0 Å². The number of methoxy groups -OCH3 is 1. The highest BCUT2D eigenvalue weighted by Crippen LogP contribution is 2.29. The van der Waals surface area contributed by atoms with Crippen molar-refractivity contribution < 1.29 is 17.9 Å². The molecule has 2 aromatic carbocycles. The molecule has 146 valence electrons. The van der Waals surface area contributed by atoms with Gasteiger partial charge in [-0.05, 0) is 24.3 Å². The lowest BCUT2D eigenvalue weighted by atomic mass is 10.1. The second-order valence-electron chi connectivity index (χ2n) is 6.59. The Morgan fingerprint density at radius 2 is 1.79 bits per heavy atom. The van der Waals surface area contributed by atoms with E-state index in [4.69, 9.17) is 9.47 Å². The van der Waals surface area contributed by atoms with Crippen LogP contribution in [0.5, 0.6) is 11.8 Å². The van der Waals surface area contributed by atoms with Crippen molar-refractivity contribution in [1.29, 1.82) is 0 Å². The van der Waals surface area contributed by atoms with Gasteiger partial charge < -0.3 is 9.47 Å². The highest BCUT2D eigenvalue weighted by molar-refractivity contribution is 7.89. The van der Waals surface area contributed by atoms with E-state index in [0.717, 1.165) is 17.2 Å². The maximum Gasteiger partial charge on any atom is 0.278 e. The predicted molar refractivity (Wildman–Crippen MR) is 105 cm³/mol. The average Bonchev–Trinajstić information content (AvgIpc) is 2.74. The van der Waals surface area contributed by atoms with Gasteiger partial charge in [0.2, 0.25) is 10.0 Å². The van der Waals surface area contributed by atoms with Gasteiger partial charge >= 0.3 is 0 Å². The molecule has 2 heterocycles. The molecule has 1 fully saturated rings. The molecule has 1 atom stereocenters. The molecule has 1 aliphatic heterocycles. The van der Waals surface area contributed by atoms with Crippen LogP contribution >= 0.6 is 0 Å². The van der Waals surface area contributed by atoms with E-state index in [2.05, 4.69) is 9.97 Å². The molecule has 0 spiro atoms. The Morgan fingerprint density at radius 1 is 1.04 bits per heavy atom. The van der Waals surface area contributed by atoms with E-state index in [1.807, 2.05) is 30.3 Å². The Morgan fingerprint density at radius 3 is 2.61 bits per heavy atom. The summed E-state index contributed by atoms with van der Waals surface area (Å²) in [4.78, 5) is 8.55. The summed E-state index contributed by atoms with van der Waals surface area (Å²) >= 11 is 0. The third kappa shape index (κ3) is 3.53. The van der Waals surface area contributed by atoms with Gasteiger partial charge in [-0.3, -0.25) is 0 Å². The van der Waals surface area contributed by atoms with Gasteiger partial charge in [0.1, 0.15) is 6.10 Å². The van der Waals surface area contributed by atoms with Crippen LogP contribution in [0.3, 0.4) is 0 Å². The molecule has 28 heavy (non-hydrogen) atoms. The smallest absolute Gasteiger partial charge is 0.278 e. The molecule has 0 saturated carbocycles. The fourth-order valence-electron chi connectivity index (χ4n) is 3.47. The van der Waals surface area contributed by atoms with Crippen LogP contribution in [0.25, 0.3) is 10.8 Å². The largest absolute Gasteiger partial charge is 0.477 e. The Hall–Kier alpha value is -2.71. The van der Waals surface area contributed by atoms with Gasteiger partial charge in [-0.25, -0.2) is 18.4 Å². The fourth-order valence-corrected chi connectivity index (χ4v) is 5.19. The highest BCUT2D eigenvalue weighted by atomic mass is 32.2. The van der Waals surface area contributed by atoms with Crippen LogP contribution in [0.15, 0.2) is 59.8 Å². The molecular formula is C20H21N3O4S. The molecule has 4 rings (SSSR count). The zero-order valence-electron chi connectivity index (χ0n) is 15.5. The number of sulfonamides is 1. The number of fused-ring (bicyclic) bond motifs is 1. The topological polar surface area (TPSA) is 81.6 Å². The third-order valence-corrected chi connectivity index (χ3v) is 6.74. The zero-order chi connectivity index (χ0) is 19.6. The lowest BCUT2D eigenvalue weighted by molar-refractivity contribution is 0.119. The van der Waals surface area contributed by atoms with Crippen molar-refractivity contribution in [1.82, 2.24) is 14.3 Å². The second-order valence-corrected chi connectivity index (χ2v) is 8.50. The van der Waals surface area contributed by atoms with Crippen LogP contribution in [0.2, 0.25) is 0 Å². The molecule has 1 saturated heterocycles. The number of hydrogen-bond donors (Lipinski definition) is 0. The number of rotatable bonds is 5. The van der Waals surface area contributed by atoms with Crippen LogP contribution in [0.1, 0.15) is 12.8 Å². The summed E-state index contributed by atoms with van der Waals surface area (Å²) in [5.74, 6) is 0.566. The fraction of sp³-hybridized carbons (Fsp3) is 0.300. The minimum Gasteiger partial charge on any atom is -0.477 e. The van der Waals surface area contributed by atoms with E-state index < -0.39 is 10.0 Å². The average molecular weight is 399 g/mol. The van der Waals surface area contributed by atoms with Crippen molar-refractivity contribution in [2.45, 2.75) is 23.8 Å². The Labute approximate surface area is 164 Å². The van der Waals surface area contributed by atoms with Gasteiger partial charge in [0.05, 0.1) is 18.6 Å². The van der Waals surface area contributed by atoms with Crippen molar-refractivity contribution >= 4 is 20.8 Å². The molecule has 8 heteroatoms. The molecule has 0 N–H and O–H groups in total.